The molecule has 0 saturated carbocycles. The molecule has 0 fully saturated rings. The van der Waals surface area contributed by atoms with Gasteiger partial charge in [-0.1, -0.05) is 0 Å². The van der Waals surface area contributed by atoms with Crippen LogP contribution >= 0.6 is 12.2 Å². The number of aromatic nitrogens is 4. The van der Waals surface area contributed by atoms with Crippen molar-refractivity contribution in [1.82, 2.24) is 25.3 Å². The number of benzene rings is 1. The quantitative estimate of drug-likeness (QED) is 0.577. The standard InChI is InChI=1S/C16H17N7O2S/c1-17-16(26)22-9-6-18-15(19-7-9)23-14-10-4-12(24-2)13(25-3)5-11(10)20-8-21-14/h4-8H,1-3H3,(H2,17,22,26)(H,18,19,20,21,23). The number of rotatable bonds is 5. The number of thiocarbonyl (C=S) groups is 1. The first-order valence-electron chi connectivity index (χ1n) is 7.59. The van der Waals surface area contributed by atoms with Crippen LogP contribution in [0.3, 0.4) is 0 Å². The second-order valence-electron chi connectivity index (χ2n) is 5.07. The number of hydrogen-bond donors (Lipinski definition) is 3. The highest BCUT2D eigenvalue weighted by Gasteiger charge is 2.11. The van der Waals surface area contributed by atoms with Gasteiger partial charge >= 0.3 is 0 Å². The number of anilines is 3. The lowest BCUT2D eigenvalue weighted by molar-refractivity contribution is 0.356. The van der Waals surface area contributed by atoms with Gasteiger partial charge in [0, 0.05) is 18.5 Å². The number of ether oxygens (including phenoxy) is 2. The number of methoxy groups -OCH3 is 2. The second-order valence-corrected chi connectivity index (χ2v) is 5.48. The van der Waals surface area contributed by atoms with Gasteiger partial charge in [0.2, 0.25) is 5.95 Å². The Kier molecular flexibility index (Phi) is 5.23. The fourth-order valence-corrected chi connectivity index (χ4v) is 2.36. The molecule has 2 heterocycles. The first kappa shape index (κ1) is 17.5. The Bertz CT molecular complexity index is 934. The summed E-state index contributed by atoms with van der Waals surface area (Å²) >= 11 is 5.04. The van der Waals surface area contributed by atoms with Crippen LogP contribution in [0, 0.1) is 0 Å². The summed E-state index contributed by atoms with van der Waals surface area (Å²) in [5.74, 6) is 2.12. The van der Waals surface area contributed by atoms with Gasteiger partial charge in [0.25, 0.3) is 0 Å². The van der Waals surface area contributed by atoms with Gasteiger partial charge < -0.3 is 25.4 Å². The molecule has 1 aromatic carbocycles. The topological polar surface area (TPSA) is 106 Å². The molecule has 3 N–H and O–H groups in total. The summed E-state index contributed by atoms with van der Waals surface area (Å²) in [4.78, 5) is 17.0. The summed E-state index contributed by atoms with van der Waals surface area (Å²) in [6.45, 7) is 0. The third kappa shape index (κ3) is 3.70. The number of nitrogens with one attached hydrogen (secondary N) is 3. The lowest BCUT2D eigenvalue weighted by Crippen LogP contribution is -2.24. The summed E-state index contributed by atoms with van der Waals surface area (Å²) in [5, 5.41) is 10.1. The molecule has 0 aliphatic rings. The van der Waals surface area contributed by atoms with E-state index in [1.165, 1.54) is 6.33 Å². The molecule has 0 unspecified atom stereocenters. The second kappa shape index (κ2) is 7.74. The minimum atomic E-state index is 0.390. The molecule has 0 spiro atoms. The molecule has 0 bridgehead atoms. The smallest absolute Gasteiger partial charge is 0.228 e. The van der Waals surface area contributed by atoms with Crippen LogP contribution in [-0.4, -0.2) is 46.3 Å². The molecule has 3 rings (SSSR count). The first-order valence-corrected chi connectivity index (χ1v) is 8.00. The van der Waals surface area contributed by atoms with Crippen LogP contribution < -0.4 is 25.4 Å². The minimum absolute atomic E-state index is 0.390. The van der Waals surface area contributed by atoms with Crippen LogP contribution in [0.2, 0.25) is 0 Å². The molecule has 3 aromatic rings. The van der Waals surface area contributed by atoms with E-state index < -0.39 is 0 Å². The SMILES string of the molecule is CNC(=S)Nc1cnc(Nc2ncnc3cc(OC)c(OC)cc23)nc1. The Morgan fingerprint density at radius 1 is 1.00 bits per heavy atom. The van der Waals surface area contributed by atoms with E-state index in [4.69, 9.17) is 21.7 Å². The third-order valence-electron chi connectivity index (χ3n) is 3.51. The van der Waals surface area contributed by atoms with Crippen molar-refractivity contribution < 1.29 is 9.47 Å². The highest BCUT2D eigenvalue weighted by atomic mass is 32.1. The summed E-state index contributed by atoms with van der Waals surface area (Å²) in [6, 6.07) is 3.59. The molecule has 0 atom stereocenters. The Morgan fingerprint density at radius 3 is 2.35 bits per heavy atom. The van der Waals surface area contributed by atoms with Gasteiger partial charge in [-0.25, -0.2) is 19.9 Å². The number of fused-ring (bicyclic) bond motifs is 1. The van der Waals surface area contributed by atoms with Crippen LogP contribution in [0.1, 0.15) is 0 Å². The maximum atomic E-state index is 5.35. The van der Waals surface area contributed by atoms with Crippen LogP contribution in [0.5, 0.6) is 11.5 Å². The van der Waals surface area contributed by atoms with Crippen molar-refractivity contribution in [2.45, 2.75) is 0 Å². The number of hydrogen-bond acceptors (Lipinski definition) is 8. The van der Waals surface area contributed by atoms with Gasteiger partial charge in [-0.3, -0.25) is 0 Å². The normalized spacial score (nSPS) is 10.3. The molecule has 2 aromatic heterocycles. The first-order chi connectivity index (χ1) is 12.6. The van der Waals surface area contributed by atoms with Gasteiger partial charge in [-0.15, -0.1) is 0 Å². The van der Waals surface area contributed by atoms with E-state index in [9.17, 15) is 0 Å². The van der Waals surface area contributed by atoms with Gasteiger partial charge in [0.15, 0.2) is 16.6 Å². The lowest BCUT2D eigenvalue weighted by atomic mass is 10.2. The average Bonchev–Trinajstić information content (AvgIpc) is 2.68. The van der Waals surface area contributed by atoms with Gasteiger partial charge in [-0.05, 0) is 18.3 Å². The predicted octanol–water partition coefficient (Wildman–Crippen LogP) is 2.10. The Labute approximate surface area is 155 Å². The van der Waals surface area contributed by atoms with Gasteiger partial charge in [0.1, 0.15) is 12.1 Å². The summed E-state index contributed by atoms with van der Waals surface area (Å²) in [6.07, 6.45) is 4.69. The van der Waals surface area contributed by atoms with E-state index in [1.807, 2.05) is 0 Å². The number of nitrogens with zero attached hydrogens (tertiary/aromatic N) is 4. The molecule has 10 heteroatoms. The molecule has 26 heavy (non-hydrogen) atoms. The maximum absolute atomic E-state index is 5.35. The van der Waals surface area contributed by atoms with E-state index >= 15 is 0 Å². The van der Waals surface area contributed by atoms with E-state index in [0.29, 0.717) is 39.6 Å². The Morgan fingerprint density at radius 2 is 1.69 bits per heavy atom. The molecular formula is C16H17N7O2S. The van der Waals surface area contributed by atoms with Gasteiger partial charge in [-0.2, -0.15) is 0 Å². The van der Waals surface area contributed by atoms with Crippen molar-refractivity contribution in [1.29, 1.82) is 0 Å². The molecular weight excluding hydrogens is 354 g/mol. The molecule has 0 amide bonds. The van der Waals surface area contributed by atoms with Gasteiger partial charge in [0.05, 0.1) is 37.8 Å². The third-order valence-corrected chi connectivity index (χ3v) is 3.81. The van der Waals surface area contributed by atoms with Crippen molar-refractivity contribution in [3.8, 4) is 11.5 Å². The average molecular weight is 371 g/mol. The van der Waals surface area contributed by atoms with E-state index in [0.717, 1.165) is 5.39 Å². The Hall–Kier alpha value is -3.27. The van der Waals surface area contributed by atoms with Crippen molar-refractivity contribution in [2.24, 2.45) is 0 Å². The molecule has 0 saturated heterocycles. The fraction of sp³-hybridized carbons (Fsp3) is 0.188. The highest BCUT2D eigenvalue weighted by molar-refractivity contribution is 7.80. The minimum Gasteiger partial charge on any atom is -0.493 e. The van der Waals surface area contributed by atoms with E-state index in [1.54, 1.807) is 45.8 Å². The molecule has 0 aliphatic carbocycles. The van der Waals surface area contributed by atoms with Crippen molar-refractivity contribution >= 4 is 45.7 Å². The van der Waals surface area contributed by atoms with Crippen molar-refractivity contribution in [2.75, 3.05) is 31.9 Å². The zero-order valence-electron chi connectivity index (χ0n) is 14.4. The van der Waals surface area contributed by atoms with Crippen LogP contribution in [0.4, 0.5) is 17.5 Å². The predicted molar refractivity (Wildman–Crippen MR) is 103 cm³/mol. The highest BCUT2D eigenvalue weighted by Crippen LogP contribution is 2.34. The Balaban J connectivity index is 1.90. The molecule has 0 aliphatic heterocycles. The maximum Gasteiger partial charge on any atom is 0.228 e. The van der Waals surface area contributed by atoms with Crippen molar-refractivity contribution in [3.05, 3.63) is 30.9 Å². The zero-order chi connectivity index (χ0) is 18.5. The molecule has 0 radical (unpaired) electrons. The van der Waals surface area contributed by atoms with Crippen LogP contribution in [-0.2, 0) is 0 Å². The zero-order valence-corrected chi connectivity index (χ0v) is 15.2. The van der Waals surface area contributed by atoms with Crippen molar-refractivity contribution in [3.63, 3.8) is 0 Å². The summed E-state index contributed by atoms with van der Waals surface area (Å²) in [5.41, 5.74) is 1.38. The molecule has 134 valence electrons. The monoisotopic (exact) mass is 371 g/mol. The van der Waals surface area contributed by atoms with E-state index in [-0.39, 0.29) is 0 Å². The summed E-state index contributed by atoms with van der Waals surface area (Å²) in [7, 11) is 4.88. The fourth-order valence-electron chi connectivity index (χ4n) is 2.24. The van der Waals surface area contributed by atoms with Crippen LogP contribution in [0.15, 0.2) is 30.9 Å². The molecule has 9 nitrogen and oxygen atoms in total. The summed E-state index contributed by atoms with van der Waals surface area (Å²) < 4.78 is 10.7. The largest absolute Gasteiger partial charge is 0.493 e. The van der Waals surface area contributed by atoms with Crippen LogP contribution in [0.25, 0.3) is 10.9 Å². The van der Waals surface area contributed by atoms with E-state index in [2.05, 4.69) is 35.9 Å². The lowest BCUT2D eigenvalue weighted by Gasteiger charge is -2.11.